The average Bonchev–Trinajstić information content (AvgIpc) is 3.30. The van der Waals surface area contributed by atoms with E-state index in [-0.39, 0.29) is 5.41 Å². The maximum Gasteiger partial charge on any atom is 0.0759 e. The van der Waals surface area contributed by atoms with E-state index in [0.29, 0.717) is 0 Å². The molecule has 0 N–H and O–H groups in total. The lowest BCUT2D eigenvalue weighted by molar-refractivity contribution is 0.799. The standard InChI is InChI=1S/C21H16S4/c1-9-5-13-17(22-9)18-14(6-10(2)23-18)21(13)15-7-11(3)24-19(15)20-16(21)8-12(4)25-20/h5-8H,1-4H3. The molecule has 6 rings (SSSR count). The second-order valence-electron chi connectivity index (χ2n) is 7.15. The highest BCUT2D eigenvalue weighted by molar-refractivity contribution is 7.23. The number of hydrogen-bond acceptors (Lipinski definition) is 4. The quantitative estimate of drug-likeness (QED) is 0.249. The van der Waals surface area contributed by atoms with E-state index in [1.807, 2.05) is 45.3 Å². The second kappa shape index (κ2) is 4.55. The van der Waals surface area contributed by atoms with Crippen molar-refractivity contribution in [2.24, 2.45) is 0 Å². The fourth-order valence-electron chi connectivity index (χ4n) is 4.72. The lowest BCUT2D eigenvalue weighted by atomic mass is 9.72. The van der Waals surface area contributed by atoms with Gasteiger partial charge in [0.15, 0.2) is 0 Å². The van der Waals surface area contributed by atoms with E-state index in [1.54, 1.807) is 0 Å². The summed E-state index contributed by atoms with van der Waals surface area (Å²) in [6.45, 7) is 9.02. The minimum Gasteiger partial charge on any atom is -0.139 e. The first kappa shape index (κ1) is 14.9. The molecule has 0 atom stereocenters. The Morgan fingerprint density at radius 2 is 0.720 bits per heavy atom. The maximum absolute atomic E-state index is 2.46. The molecule has 0 saturated heterocycles. The van der Waals surface area contributed by atoms with E-state index >= 15 is 0 Å². The van der Waals surface area contributed by atoms with Gasteiger partial charge in [-0.3, -0.25) is 0 Å². The van der Waals surface area contributed by atoms with Crippen LogP contribution in [-0.2, 0) is 5.41 Å². The number of aryl methyl sites for hydroxylation is 4. The van der Waals surface area contributed by atoms with Gasteiger partial charge in [0.1, 0.15) is 0 Å². The van der Waals surface area contributed by atoms with Gasteiger partial charge in [-0.15, -0.1) is 45.3 Å². The number of rotatable bonds is 0. The van der Waals surface area contributed by atoms with Gasteiger partial charge in [0, 0.05) is 39.0 Å². The molecule has 2 aliphatic carbocycles. The Labute approximate surface area is 163 Å². The molecule has 124 valence electrons. The SMILES string of the molecule is Cc1cc2c(s1)-c1sc(C)cc1C21c2cc(C)sc2-c2sc(C)cc21. The zero-order valence-corrected chi connectivity index (χ0v) is 17.7. The summed E-state index contributed by atoms with van der Waals surface area (Å²) < 4.78 is 0. The van der Waals surface area contributed by atoms with Crippen LogP contribution in [0.1, 0.15) is 41.8 Å². The highest BCUT2D eigenvalue weighted by Crippen LogP contribution is 2.68. The van der Waals surface area contributed by atoms with E-state index in [9.17, 15) is 0 Å². The average molecular weight is 397 g/mol. The fourth-order valence-corrected chi connectivity index (χ4v) is 9.31. The van der Waals surface area contributed by atoms with Crippen molar-refractivity contribution >= 4 is 45.3 Å². The first-order valence-corrected chi connectivity index (χ1v) is 11.7. The second-order valence-corrected chi connectivity index (χ2v) is 12.2. The van der Waals surface area contributed by atoms with Crippen molar-refractivity contribution in [3.05, 3.63) is 66.0 Å². The van der Waals surface area contributed by atoms with Crippen LogP contribution in [0.4, 0.5) is 0 Å². The summed E-state index contributed by atoms with van der Waals surface area (Å²) in [5.41, 5.74) is 6.08. The van der Waals surface area contributed by atoms with Crippen LogP contribution in [0.5, 0.6) is 0 Å². The van der Waals surface area contributed by atoms with Crippen molar-refractivity contribution in [1.29, 1.82) is 0 Å². The van der Waals surface area contributed by atoms with Crippen molar-refractivity contribution in [2.75, 3.05) is 0 Å². The summed E-state index contributed by atoms with van der Waals surface area (Å²) >= 11 is 7.90. The predicted octanol–water partition coefficient (Wildman–Crippen LogP) is 7.51. The monoisotopic (exact) mass is 396 g/mol. The molecule has 0 unspecified atom stereocenters. The van der Waals surface area contributed by atoms with Crippen molar-refractivity contribution in [3.8, 4) is 19.5 Å². The zero-order chi connectivity index (χ0) is 17.1. The third-order valence-electron chi connectivity index (χ3n) is 5.45. The molecular weight excluding hydrogens is 380 g/mol. The Bertz CT molecular complexity index is 1000. The molecule has 4 heteroatoms. The molecule has 0 saturated carbocycles. The minimum absolute atomic E-state index is 0.0552. The molecule has 4 aromatic rings. The summed E-state index contributed by atoms with van der Waals surface area (Å²) in [6.07, 6.45) is 0. The lowest BCUT2D eigenvalue weighted by Crippen LogP contribution is -2.24. The van der Waals surface area contributed by atoms with Gasteiger partial charge in [-0.1, -0.05) is 0 Å². The van der Waals surface area contributed by atoms with Crippen molar-refractivity contribution < 1.29 is 0 Å². The van der Waals surface area contributed by atoms with Gasteiger partial charge in [0.2, 0.25) is 0 Å². The van der Waals surface area contributed by atoms with Crippen LogP contribution in [0.25, 0.3) is 19.5 Å². The molecule has 2 aliphatic rings. The summed E-state index contributed by atoms with van der Waals surface area (Å²) in [5, 5.41) is 0. The van der Waals surface area contributed by atoms with Gasteiger partial charge in [0.05, 0.1) is 5.41 Å². The summed E-state index contributed by atoms with van der Waals surface area (Å²) in [7, 11) is 0. The summed E-state index contributed by atoms with van der Waals surface area (Å²) in [6, 6.07) is 9.84. The fraction of sp³-hybridized carbons (Fsp3) is 0.238. The Morgan fingerprint density at radius 1 is 0.480 bits per heavy atom. The summed E-state index contributed by atoms with van der Waals surface area (Å²) in [5.74, 6) is 0. The maximum atomic E-state index is 2.46. The molecule has 0 fully saturated rings. The van der Waals surface area contributed by atoms with Crippen LogP contribution in [0.3, 0.4) is 0 Å². The van der Waals surface area contributed by atoms with Crippen LogP contribution in [0, 0.1) is 27.7 Å². The molecule has 0 aromatic carbocycles. The smallest absolute Gasteiger partial charge is 0.0759 e. The van der Waals surface area contributed by atoms with E-state index < -0.39 is 0 Å². The molecule has 25 heavy (non-hydrogen) atoms. The Hall–Kier alpha value is -1.20. The Balaban J connectivity index is 1.86. The molecule has 4 aromatic heterocycles. The minimum atomic E-state index is -0.0552. The van der Waals surface area contributed by atoms with Gasteiger partial charge in [-0.2, -0.15) is 0 Å². The molecule has 0 nitrogen and oxygen atoms in total. The largest absolute Gasteiger partial charge is 0.139 e. The Kier molecular flexibility index (Phi) is 2.71. The van der Waals surface area contributed by atoms with E-state index in [1.165, 1.54) is 61.3 Å². The number of thiophene rings is 4. The first-order chi connectivity index (χ1) is 12.0. The molecule has 0 aliphatic heterocycles. The molecule has 1 spiro atoms. The third kappa shape index (κ3) is 1.59. The van der Waals surface area contributed by atoms with Gasteiger partial charge in [0.25, 0.3) is 0 Å². The highest BCUT2D eigenvalue weighted by Gasteiger charge is 2.55. The lowest BCUT2D eigenvalue weighted by Gasteiger charge is -2.27. The van der Waals surface area contributed by atoms with E-state index in [4.69, 9.17) is 0 Å². The molecule has 0 amide bonds. The van der Waals surface area contributed by atoms with Crippen LogP contribution in [0.15, 0.2) is 24.3 Å². The third-order valence-corrected chi connectivity index (χ3v) is 9.98. The predicted molar refractivity (Wildman–Crippen MR) is 113 cm³/mol. The summed E-state index contributed by atoms with van der Waals surface area (Å²) in [4.78, 5) is 11.7. The molecular formula is C21H16S4. The van der Waals surface area contributed by atoms with E-state index in [0.717, 1.165) is 0 Å². The van der Waals surface area contributed by atoms with E-state index in [2.05, 4.69) is 52.0 Å². The number of hydrogen-bond donors (Lipinski definition) is 0. The normalized spacial score (nSPS) is 15.5. The molecule has 0 bridgehead atoms. The van der Waals surface area contributed by atoms with Gasteiger partial charge >= 0.3 is 0 Å². The van der Waals surface area contributed by atoms with Gasteiger partial charge in [-0.25, -0.2) is 0 Å². The Morgan fingerprint density at radius 3 is 0.960 bits per heavy atom. The highest BCUT2D eigenvalue weighted by atomic mass is 32.1. The number of fused-ring (bicyclic) bond motifs is 10. The van der Waals surface area contributed by atoms with Crippen molar-refractivity contribution in [2.45, 2.75) is 33.1 Å². The van der Waals surface area contributed by atoms with Gasteiger partial charge in [-0.05, 0) is 74.2 Å². The van der Waals surface area contributed by atoms with Gasteiger partial charge < -0.3 is 0 Å². The van der Waals surface area contributed by atoms with Crippen molar-refractivity contribution in [1.82, 2.24) is 0 Å². The first-order valence-electron chi connectivity index (χ1n) is 8.44. The van der Waals surface area contributed by atoms with Crippen molar-refractivity contribution in [3.63, 3.8) is 0 Å². The topological polar surface area (TPSA) is 0 Å². The van der Waals surface area contributed by atoms with Crippen LogP contribution >= 0.6 is 45.3 Å². The molecule has 0 radical (unpaired) electrons. The zero-order valence-electron chi connectivity index (χ0n) is 14.4. The van der Waals surface area contributed by atoms with Crippen LogP contribution in [0.2, 0.25) is 0 Å². The molecule has 4 heterocycles. The van der Waals surface area contributed by atoms with Crippen LogP contribution in [-0.4, -0.2) is 0 Å². The van der Waals surface area contributed by atoms with Crippen LogP contribution < -0.4 is 0 Å².